The molecule has 13 heavy (non-hydrogen) atoms. The Morgan fingerprint density at radius 3 is 2.54 bits per heavy atom. The van der Waals surface area contributed by atoms with Crippen LogP contribution in [0.4, 0.5) is 0 Å². The van der Waals surface area contributed by atoms with E-state index in [9.17, 15) is 0 Å². The zero-order valence-electron chi connectivity index (χ0n) is 7.75. The predicted molar refractivity (Wildman–Crippen MR) is 58.1 cm³/mol. The second kappa shape index (κ2) is 6.01. The van der Waals surface area contributed by atoms with E-state index >= 15 is 0 Å². The molecule has 2 N–H and O–H groups in total. The van der Waals surface area contributed by atoms with Gasteiger partial charge in [-0.25, -0.2) is 0 Å². The van der Waals surface area contributed by atoms with Gasteiger partial charge in [0.15, 0.2) is 0 Å². The monoisotopic (exact) mass is 197 g/mol. The first-order valence-corrected chi connectivity index (χ1v) is 5.22. The topological polar surface area (TPSA) is 26.0 Å². The Bertz CT molecular complexity index is 223. The third-order valence-corrected chi connectivity index (χ3v) is 2.32. The van der Waals surface area contributed by atoms with Crippen LogP contribution >= 0.6 is 11.6 Å². The van der Waals surface area contributed by atoms with Crippen LogP contribution in [0.2, 0.25) is 0 Å². The number of hydrogen-bond donors (Lipinski definition) is 1. The van der Waals surface area contributed by atoms with Gasteiger partial charge in [0.25, 0.3) is 0 Å². The Hall–Kier alpha value is -0.530. The molecule has 0 aliphatic carbocycles. The molecule has 1 atom stereocenters. The smallest absolute Gasteiger partial charge is 0.0224 e. The Labute approximate surface area is 84.9 Å². The highest BCUT2D eigenvalue weighted by molar-refractivity contribution is 6.17. The molecule has 1 aromatic rings. The summed E-state index contributed by atoms with van der Waals surface area (Å²) < 4.78 is 0. The van der Waals surface area contributed by atoms with Crippen LogP contribution in [-0.2, 0) is 6.42 Å². The Balaban J connectivity index is 2.32. The molecule has 2 heteroatoms. The molecular weight excluding hydrogens is 182 g/mol. The van der Waals surface area contributed by atoms with E-state index in [1.807, 2.05) is 18.2 Å². The van der Waals surface area contributed by atoms with Crippen molar-refractivity contribution in [1.82, 2.24) is 0 Å². The van der Waals surface area contributed by atoms with E-state index < -0.39 is 0 Å². The van der Waals surface area contributed by atoms with Crippen molar-refractivity contribution in [2.75, 3.05) is 5.88 Å². The average molecular weight is 198 g/mol. The molecule has 0 aliphatic heterocycles. The maximum Gasteiger partial charge on any atom is 0.0224 e. The fraction of sp³-hybridized carbons (Fsp3) is 0.455. The van der Waals surface area contributed by atoms with Crippen molar-refractivity contribution in [2.45, 2.75) is 25.3 Å². The van der Waals surface area contributed by atoms with Crippen LogP contribution in [-0.4, -0.2) is 11.9 Å². The minimum absolute atomic E-state index is 0.251. The minimum Gasteiger partial charge on any atom is -0.327 e. The highest BCUT2D eigenvalue weighted by atomic mass is 35.5. The summed E-state index contributed by atoms with van der Waals surface area (Å²) in [7, 11) is 0. The molecule has 0 saturated heterocycles. The lowest BCUT2D eigenvalue weighted by molar-refractivity contribution is 0.602. The molecule has 1 aromatic carbocycles. The van der Waals surface area contributed by atoms with Gasteiger partial charge in [-0.15, -0.1) is 11.6 Å². The van der Waals surface area contributed by atoms with Gasteiger partial charge in [-0.1, -0.05) is 30.3 Å². The van der Waals surface area contributed by atoms with E-state index in [-0.39, 0.29) is 6.04 Å². The molecule has 0 spiro atoms. The van der Waals surface area contributed by atoms with Crippen molar-refractivity contribution in [3.05, 3.63) is 35.9 Å². The van der Waals surface area contributed by atoms with Gasteiger partial charge in [0.05, 0.1) is 0 Å². The Kier molecular flexibility index (Phi) is 4.87. The minimum atomic E-state index is 0.251. The number of alkyl halides is 1. The van der Waals surface area contributed by atoms with Crippen LogP contribution in [0.25, 0.3) is 0 Å². The lowest BCUT2D eigenvalue weighted by Gasteiger charge is -2.09. The molecule has 0 bridgehead atoms. The van der Waals surface area contributed by atoms with Gasteiger partial charge in [0.1, 0.15) is 0 Å². The van der Waals surface area contributed by atoms with E-state index in [0.717, 1.165) is 19.3 Å². The summed E-state index contributed by atoms with van der Waals surface area (Å²) in [5.41, 5.74) is 7.24. The molecule has 0 amide bonds. The van der Waals surface area contributed by atoms with Crippen molar-refractivity contribution in [1.29, 1.82) is 0 Å². The van der Waals surface area contributed by atoms with E-state index in [1.165, 1.54) is 5.56 Å². The highest BCUT2D eigenvalue weighted by Crippen LogP contribution is 2.05. The molecule has 0 heterocycles. The van der Waals surface area contributed by atoms with Gasteiger partial charge in [-0.3, -0.25) is 0 Å². The molecular formula is C11H16ClN. The summed E-state index contributed by atoms with van der Waals surface area (Å²) in [6.45, 7) is 0. The summed E-state index contributed by atoms with van der Waals surface area (Å²) in [4.78, 5) is 0. The first kappa shape index (κ1) is 10.6. The van der Waals surface area contributed by atoms with Gasteiger partial charge < -0.3 is 5.73 Å². The number of nitrogens with two attached hydrogens (primary N) is 1. The predicted octanol–water partition coefficient (Wildman–Crippen LogP) is 2.58. The van der Waals surface area contributed by atoms with Crippen molar-refractivity contribution < 1.29 is 0 Å². The first-order valence-electron chi connectivity index (χ1n) is 4.68. The zero-order chi connectivity index (χ0) is 9.52. The highest BCUT2D eigenvalue weighted by Gasteiger charge is 2.02. The number of hydrogen-bond acceptors (Lipinski definition) is 1. The van der Waals surface area contributed by atoms with Crippen LogP contribution in [0.5, 0.6) is 0 Å². The average Bonchev–Trinajstić information content (AvgIpc) is 2.16. The molecule has 0 aromatic heterocycles. The molecule has 0 aliphatic rings. The zero-order valence-corrected chi connectivity index (χ0v) is 8.50. The molecule has 1 nitrogen and oxygen atoms in total. The summed E-state index contributed by atoms with van der Waals surface area (Å²) in [6.07, 6.45) is 2.98. The van der Waals surface area contributed by atoms with Crippen molar-refractivity contribution in [3.63, 3.8) is 0 Å². The number of halogens is 1. The van der Waals surface area contributed by atoms with E-state index in [0.29, 0.717) is 5.88 Å². The van der Waals surface area contributed by atoms with Gasteiger partial charge in [0, 0.05) is 11.9 Å². The van der Waals surface area contributed by atoms with Crippen LogP contribution in [0, 0.1) is 0 Å². The van der Waals surface area contributed by atoms with Crippen LogP contribution in [0.1, 0.15) is 18.4 Å². The fourth-order valence-corrected chi connectivity index (χ4v) is 1.51. The molecule has 72 valence electrons. The summed E-state index contributed by atoms with van der Waals surface area (Å²) in [5, 5.41) is 0. The second-order valence-electron chi connectivity index (χ2n) is 3.28. The van der Waals surface area contributed by atoms with Gasteiger partial charge in [-0.05, 0) is 24.8 Å². The normalized spacial score (nSPS) is 12.8. The van der Waals surface area contributed by atoms with E-state index in [2.05, 4.69) is 12.1 Å². The fourth-order valence-electron chi connectivity index (χ4n) is 1.36. The third-order valence-electron chi connectivity index (χ3n) is 2.05. The van der Waals surface area contributed by atoms with Crippen molar-refractivity contribution >= 4 is 11.6 Å². The first-order chi connectivity index (χ1) is 6.33. The molecule has 1 rings (SSSR count). The quantitative estimate of drug-likeness (QED) is 0.722. The van der Waals surface area contributed by atoms with Crippen molar-refractivity contribution in [2.24, 2.45) is 5.73 Å². The summed E-state index contributed by atoms with van der Waals surface area (Å²) >= 11 is 5.59. The molecule has 0 radical (unpaired) electrons. The largest absolute Gasteiger partial charge is 0.327 e. The lowest BCUT2D eigenvalue weighted by Crippen LogP contribution is -2.22. The van der Waals surface area contributed by atoms with Crippen LogP contribution < -0.4 is 5.73 Å². The summed E-state index contributed by atoms with van der Waals surface area (Å²) in [5.74, 6) is 0.711. The molecule has 1 unspecified atom stereocenters. The summed E-state index contributed by atoms with van der Waals surface area (Å²) in [6, 6.07) is 10.6. The standard InChI is InChI=1S/C11H16ClN/c12-8-4-7-11(13)9-10-5-2-1-3-6-10/h1-3,5-6,11H,4,7-9,13H2. The second-order valence-corrected chi connectivity index (χ2v) is 3.66. The van der Waals surface area contributed by atoms with E-state index in [4.69, 9.17) is 17.3 Å². The maximum atomic E-state index is 5.93. The van der Waals surface area contributed by atoms with E-state index in [1.54, 1.807) is 0 Å². The third kappa shape index (κ3) is 4.30. The number of rotatable bonds is 5. The van der Waals surface area contributed by atoms with Gasteiger partial charge >= 0.3 is 0 Å². The van der Waals surface area contributed by atoms with Crippen LogP contribution in [0.15, 0.2) is 30.3 Å². The number of benzene rings is 1. The Morgan fingerprint density at radius 2 is 1.92 bits per heavy atom. The maximum absolute atomic E-state index is 5.93. The van der Waals surface area contributed by atoms with Gasteiger partial charge in [-0.2, -0.15) is 0 Å². The Morgan fingerprint density at radius 1 is 1.23 bits per heavy atom. The molecule has 0 fully saturated rings. The van der Waals surface area contributed by atoms with Crippen molar-refractivity contribution in [3.8, 4) is 0 Å². The SMILES string of the molecule is NC(CCCCl)Cc1ccccc1. The molecule has 0 saturated carbocycles. The lowest BCUT2D eigenvalue weighted by atomic mass is 10.0. The van der Waals surface area contributed by atoms with Gasteiger partial charge in [0.2, 0.25) is 0 Å². The van der Waals surface area contributed by atoms with Crippen LogP contribution in [0.3, 0.4) is 0 Å².